The van der Waals surface area contributed by atoms with Crippen molar-refractivity contribution >= 4 is 16.8 Å². The fourth-order valence-electron chi connectivity index (χ4n) is 3.86. The summed E-state index contributed by atoms with van der Waals surface area (Å²) in [5.74, 6) is -0.216. The lowest BCUT2D eigenvalue weighted by atomic mass is 9.97. The lowest BCUT2D eigenvalue weighted by molar-refractivity contribution is 0.0916. The van der Waals surface area contributed by atoms with Crippen molar-refractivity contribution in [2.24, 2.45) is 0 Å². The monoisotopic (exact) mass is 414 g/mol. The van der Waals surface area contributed by atoms with Crippen LogP contribution in [-0.2, 0) is 13.0 Å². The van der Waals surface area contributed by atoms with Crippen LogP contribution in [-0.4, -0.2) is 33.8 Å². The van der Waals surface area contributed by atoms with Crippen molar-refractivity contribution in [3.63, 3.8) is 0 Å². The van der Waals surface area contributed by atoms with Crippen LogP contribution in [0.1, 0.15) is 27.0 Å². The van der Waals surface area contributed by atoms with Gasteiger partial charge in [0.25, 0.3) is 5.91 Å². The molecule has 1 heterocycles. The molecule has 0 aliphatic carbocycles. The summed E-state index contributed by atoms with van der Waals surface area (Å²) in [7, 11) is 0. The number of aryl methyl sites for hydroxylation is 1. The van der Waals surface area contributed by atoms with E-state index in [4.69, 9.17) is 0 Å². The van der Waals surface area contributed by atoms with Crippen molar-refractivity contribution in [3.05, 3.63) is 95.2 Å². The third-order valence-corrected chi connectivity index (χ3v) is 5.64. The minimum absolute atomic E-state index is 0.000680. The zero-order valence-electron chi connectivity index (χ0n) is 17.4. The Morgan fingerprint density at radius 2 is 1.81 bits per heavy atom. The van der Waals surface area contributed by atoms with Crippen molar-refractivity contribution in [2.45, 2.75) is 26.0 Å². The fourth-order valence-corrected chi connectivity index (χ4v) is 3.86. The van der Waals surface area contributed by atoms with E-state index in [-0.39, 0.29) is 25.2 Å². The van der Waals surface area contributed by atoms with E-state index in [1.807, 2.05) is 73.8 Å². The Labute approximate surface area is 181 Å². The molecular formula is C26H26N2O3. The molecule has 0 spiro atoms. The van der Waals surface area contributed by atoms with E-state index in [1.54, 1.807) is 6.07 Å². The summed E-state index contributed by atoms with van der Waals surface area (Å²) in [6, 6.07) is 20.9. The highest BCUT2D eigenvalue weighted by Crippen LogP contribution is 2.25. The molecule has 3 aromatic carbocycles. The zero-order chi connectivity index (χ0) is 21.8. The molecule has 4 N–H and O–H groups in total. The van der Waals surface area contributed by atoms with Crippen LogP contribution in [0.2, 0.25) is 0 Å². The highest BCUT2D eigenvalue weighted by Gasteiger charge is 2.17. The number of carbonyl (C=O) groups excluding carboxylic acids is 1. The number of H-pyrrole nitrogens is 1. The van der Waals surface area contributed by atoms with Crippen LogP contribution in [0.25, 0.3) is 22.0 Å². The molecule has 158 valence electrons. The van der Waals surface area contributed by atoms with E-state index in [9.17, 15) is 15.0 Å². The second-order valence-corrected chi connectivity index (χ2v) is 7.80. The quantitative estimate of drug-likeness (QED) is 0.369. The molecule has 0 fully saturated rings. The molecule has 5 heteroatoms. The number of benzene rings is 3. The van der Waals surface area contributed by atoms with Crippen molar-refractivity contribution in [1.29, 1.82) is 0 Å². The van der Waals surface area contributed by atoms with Crippen molar-refractivity contribution < 1.29 is 15.0 Å². The summed E-state index contributed by atoms with van der Waals surface area (Å²) < 4.78 is 0. The number of aromatic nitrogens is 1. The first-order chi connectivity index (χ1) is 15.1. The van der Waals surface area contributed by atoms with Gasteiger partial charge in [-0.15, -0.1) is 0 Å². The minimum atomic E-state index is -0.389. The average molecular weight is 415 g/mol. The lowest BCUT2D eigenvalue weighted by Gasteiger charge is -2.17. The summed E-state index contributed by atoms with van der Waals surface area (Å²) in [6.07, 6.45) is 2.47. The molecule has 0 aliphatic heterocycles. The normalized spacial score (nSPS) is 12.1. The van der Waals surface area contributed by atoms with Gasteiger partial charge in [0.1, 0.15) is 0 Å². The van der Waals surface area contributed by atoms with E-state index >= 15 is 0 Å². The SMILES string of the molecule is Cc1ccc(C(=O)N[C@@H](CO)Cc2c[nH]c3ccccc23)cc1-c1ccc(CO)cc1. The predicted molar refractivity (Wildman–Crippen MR) is 123 cm³/mol. The smallest absolute Gasteiger partial charge is 0.251 e. The number of hydrogen-bond donors (Lipinski definition) is 4. The zero-order valence-corrected chi connectivity index (χ0v) is 17.4. The third kappa shape index (κ3) is 4.53. The number of fused-ring (bicyclic) bond motifs is 1. The summed E-state index contributed by atoms with van der Waals surface area (Å²) in [5, 5.41) is 23.2. The van der Waals surface area contributed by atoms with Gasteiger partial charge in [0.15, 0.2) is 0 Å². The Hall–Kier alpha value is -3.41. The molecule has 0 aliphatic rings. The van der Waals surface area contributed by atoms with Crippen LogP contribution in [0.3, 0.4) is 0 Å². The van der Waals surface area contributed by atoms with E-state index < -0.39 is 0 Å². The van der Waals surface area contributed by atoms with Crippen LogP contribution < -0.4 is 5.32 Å². The molecule has 1 aromatic heterocycles. The number of aromatic amines is 1. The topological polar surface area (TPSA) is 85.4 Å². The second kappa shape index (κ2) is 9.16. The summed E-state index contributed by atoms with van der Waals surface area (Å²) in [5.41, 5.74) is 6.50. The molecule has 0 radical (unpaired) electrons. The Balaban J connectivity index is 1.53. The van der Waals surface area contributed by atoms with Gasteiger partial charge < -0.3 is 20.5 Å². The number of amides is 1. The predicted octanol–water partition coefficient (Wildman–Crippen LogP) is 3.97. The van der Waals surface area contributed by atoms with Crippen molar-refractivity contribution in [1.82, 2.24) is 10.3 Å². The standard InChI is InChI=1S/C26H26N2O3/c1-17-6-9-20(13-24(17)19-10-7-18(15-29)8-11-19)26(31)28-22(16-30)12-21-14-27-25-5-3-2-4-23(21)25/h2-11,13-14,22,27,29-30H,12,15-16H2,1H3,(H,28,31)/t22-/m1/s1. The first-order valence-corrected chi connectivity index (χ1v) is 10.4. The maximum absolute atomic E-state index is 12.9. The Bertz CT molecular complexity index is 1190. The Kier molecular flexibility index (Phi) is 6.16. The average Bonchev–Trinajstić information content (AvgIpc) is 3.21. The molecule has 0 saturated heterocycles. The lowest BCUT2D eigenvalue weighted by Crippen LogP contribution is -2.39. The van der Waals surface area contributed by atoms with Gasteiger partial charge in [0.05, 0.1) is 19.3 Å². The van der Waals surface area contributed by atoms with Gasteiger partial charge in [-0.05, 0) is 59.4 Å². The maximum Gasteiger partial charge on any atom is 0.251 e. The number of aliphatic hydroxyl groups excluding tert-OH is 2. The van der Waals surface area contributed by atoms with E-state index in [0.29, 0.717) is 12.0 Å². The number of nitrogens with one attached hydrogen (secondary N) is 2. The summed E-state index contributed by atoms with van der Waals surface area (Å²) in [4.78, 5) is 16.2. The first-order valence-electron chi connectivity index (χ1n) is 10.4. The molecule has 5 nitrogen and oxygen atoms in total. The maximum atomic E-state index is 12.9. The van der Waals surface area contributed by atoms with Gasteiger partial charge >= 0.3 is 0 Å². The van der Waals surface area contributed by atoms with Crippen LogP contribution >= 0.6 is 0 Å². The molecule has 1 amide bonds. The summed E-state index contributed by atoms with van der Waals surface area (Å²) >= 11 is 0. The fraction of sp³-hybridized carbons (Fsp3) is 0.192. The number of carbonyl (C=O) groups is 1. The van der Waals surface area contributed by atoms with Crippen molar-refractivity contribution in [2.75, 3.05) is 6.61 Å². The first kappa shape index (κ1) is 20.8. The van der Waals surface area contributed by atoms with E-state index in [1.165, 1.54) is 0 Å². The molecule has 4 rings (SSSR count). The molecule has 0 saturated carbocycles. The molecule has 4 aromatic rings. The Morgan fingerprint density at radius 3 is 2.55 bits per heavy atom. The highest BCUT2D eigenvalue weighted by molar-refractivity contribution is 5.96. The van der Waals surface area contributed by atoms with Gasteiger partial charge in [-0.1, -0.05) is 48.5 Å². The number of rotatable bonds is 7. The molecular weight excluding hydrogens is 388 g/mol. The number of para-hydroxylation sites is 1. The van der Waals surface area contributed by atoms with Gasteiger partial charge in [-0.3, -0.25) is 4.79 Å². The molecule has 0 unspecified atom stereocenters. The Morgan fingerprint density at radius 1 is 1.03 bits per heavy atom. The number of hydrogen-bond acceptors (Lipinski definition) is 3. The molecule has 1 atom stereocenters. The van der Waals surface area contributed by atoms with Crippen LogP contribution in [0.15, 0.2) is 72.9 Å². The summed E-state index contributed by atoms with van der Waals surface area (Å²) in [6.45, 7) is 1.86. The molecule has 0 bridgehead atoms. The van der Waals surface area contributed by atoms with E-state index in [2.05, 4.69) is 10.3 Å². The largest absolute Gasteiger partial charge is 0.394 e. The van der Waals surface area contributed by atoms with Gasteiger partial charge in [-0.2, -0.15) is 0 Å². The van der Waals surface area contributed by atoms with E-state index in [0.717, 1.165) is 38.7 Å². The van der Waals surface area contributed by atoms with Gasteiger partial charge in [0.2, 0.25) is 0 Å². The molecule has 31 heavy (non-hydrogen) atoms. The van der Waals surface area contributed by atoms with Gasteiger partial charge in [-0.25, -0.2) is 0 Å². The van der Waals surface area contributed by atoms with Crippen LogP contribution in [0, 0.1) is 6.92 Å². The highest BCUT2D eigenvalue weighted by atomic mass is 16.3. The minimum Gasteiger partial charge on any atom is -0.394 e. The third-order valence-electron chi connectivity index (χ3n) is 5.64. The van der Waals surface area contributed by atoms with Crippen molar-refractivity contribution in [3.8, 4) is 11.1 Å². The second-order valence-electron chi connectivity index (χ2n) is 7.80. The van der Waals surface area contributed by atoms with Gasteiger partial charge in [0, 0.05) is 22.7 Å². The van der Waals surface area contributed by atoms with Crippen LogP contribution in [0.4, 0.5) is 0 Å². The number of aliphatic hydroxyl groups is 2. The van der Waals surface area contributed by atoms with Crippen LogP contribution in [0.5, 0.6) is 0 Å².